The summed E-state index contributed by atoms with van der Waals surface area (Å²) in [5, 5.41) is 17.6. The molecular weight excluding hydrogens is 214 g/mol. The predicted molar refractivity (Wildman–Crippen MR) is 72.7 cm³/mol. The van der Waals surface area contributed by atoms with Gasteiger partial charge in [-0.05, 0) is 6.42 Å². The third-order valence-corrected chi connectivity index (χ3v) is 3.27. The van der Waals surface area contributed by atoms with Crippen molar-refractivity contribution in [2.24, 2.45) is 5.73 Å². The summed E-state index contributed by atoms with van der Waals surface area (Å²) in [6, 6.07) is -0.468. The molecule has 0 bridgehead atoms. The Bertz CT molecular complexity index is 151. The Kier molecular flexibility index (Phi) is 12.3. The Hall–Kier alpha value is -0.120. The van der Waals surface area contributed by atoms with Crippen molar-refractivity contribution in [3.05, 3.63) is 0 Å². The van der Waals surface area contributed by atoms with E-state index < -0.39 is 12.3 Å². The normalized spacial score (nSPS) is 13.2. The van der Waals surface area contributed by atoms with Gasteiger partial charge in [-0.2, -0.15) is 0 Å². The third-order valence-electron chi connectivity index (χ3n) is 3.27. The lowest BCUT2D eigenvalue weighted by Gasteiger charge is -2.12. The maximum absolute atomic E-state index is 8.79. The molecule has 0 aliphatic carbocycles. The molecule has 104 valence electrons. The average Bonchev–Trinajstić information content (AvgIpc) is 2.31. The van der Waals surface area contributed by atoms with Gasteiger partial charge in [0.15, 0.2) is 6.29 Å². The molecular formula is C14H31NO2. The van der Waals surface area contributed by atoms with E-state index in [9.17, 15) is 0 Å². The fraction of sp³-hybridized carbons (Fsp3) is 1.00. The van der Waals surface area contributed by atoms with Crippen LogP contribution < -0.4 is 5.73 Å². The Morgan fingerprint density at radius 3 is 1.59 bits per heavy atom. The number of aliphatic hydroxyl groups is 2. The van der Waals surface area contributed by atoms with Crippen molar-refractivity contribution in [3.8, 4) is 0 Å². The van der Waals surface area contributed by atoms with Crippen molar-refractivity contribution in [2.45, 2.75) is 89.9 Å². The molecule has 0 aromatic carbocycles. The molecule has 1 unspecified atom stereocenters. The van der Waals surface area contributed by atoms with Gasteiger partial charge in [-0.3, -0.25) is 0 Å². The lowest BCUT2D eigenvalue weighted by Crippen LogP contribution is -2.34. The van der Waals surface area contributed by atoms with Gasteiger partial charge in [-0.15, -0.1) is 0 Å². The Morgan fingerprint density at radius 2 is 1.18 bits per heavy atom. The number of aliphatic hydroxyl groups excluding tert-OH is 1. The molecule has 0 amide bonds. The second-order valence-electron chi connectivity index (χ2n) is 5.05. The zero-order valence-electron chi connectivity index (χ0n) is 11.4. The molecule has 0 spiro atoms. The summed E-state index contributed by atoms with van der Waals surface area (Å²) in [6.45, 7) is 2.24. The van der Waals surface area contributed by atoms with Crippen LogP contribution in [0.15, 0.2) is 0 Å². The van der Waals surface area contributed by atoms with E-state index in [2.05, 4.69) is 6.92 Å². The van der Waals surface area contributed by atoms with Crippen molar-refractivity contribution in [1.82, 2.24) is 0 Å². The summed E-state index contributed by atoms with van der Waals surface area (Å²) in [7, 11) is 0. The van der Waals surface area contributed by atoms with Crippen molar-refractivity contribution in [2.75, 3.05) is 0 Å². The van der Waals surface area contributed by atoms with E-state index in [0.29, 0.717) is 6.42 Å². The van der Waals surface area contributed by atoms with Gasteiger partial charge < -0.3 is 15.9 Å². The summed E-state index contributed by atoms with van der Waals surface area (Å²) >= 11 is 0. The summed E-state index contributed by atoms with van der Waals surface area (Å²) in [5.74, 6) is 0. The second kappa shape index (κ2) is 12.3. The van der Waals surface area contributed by atoms with Crippen LogP contribution in [0, 0.1) is 0 Å². The van der Waals surface area contributed by atoms with Crippen LogP contribution in [0.4, 0.5) is 0 Å². The first-order valence-electron chi connectivity index (χ1n) is 7.30. The number of hydrogen-bond acceptors (Lipinski definition) is 3. The van der Waals surface area contributed by atoms with Crippen LogP contribution in [0.3, 0.4) is 0 Å². The smallest absolute Gasteiger partial charge is 0.166 e. The van der Waals surface area contributed by atoms with E-state index in [1.54, 1.807) is 0 Å². The van der Waals surface area contributed by atoms with Gasteiger partial charge in [0.25, 0.3) is 0 Å². The predicted octanol–water partition coefficient (Wildman–Crippen LogP) is 2.94. The summed E-state index contributed by atoms with van der Waals surface area (Å²) in [4.78, 5) is 0. The Morgan fingerprint density at radius 1 is 0.765 bits per heavy atom. The van der Waals surface area contributed by atoms with Crippen LogP contribution in [0.25, 0.3) is 0 Å². The monoisotopic (exact) mass is 245 g/mol. The van der Waals surface area contributed by atoms with Crippen molar-refractivity contribution < 1.29 is 10.2 Å². The van der Waals surface area contributed by atoms with Gasteiger partial charge in [0.1, 0.15) is 0 Å². The number of unbranched alkanes of at least 4 members (excludes halogenated alkanes) is 9. The van der Waals surface area contributed by atoms with Crippen LogP contribution in [-0.4, -0.2) is 22.5 Å². The van der Waals surface area contributed by atoms with Crippen LogP contribution in [0.1, 0.15) is 77.6 Å². The molecule has 0 fully saturated rings. The minimum atomic E-state index is -1.35. The van der Waals surface area contributed by atoms with E-state index in [1.807, 2.05) is 0 Å². The molecule has 0 saturated heterocycles. The molecule has 0 radical (unpaired) electrons. The minimum absolute atomic E-state index is 0.468. The standard InChI is InChI=1S/C14H31NO2/c1-2-3-4-5-6-7-8-9-10-11-12-13(15)14(16)17/h13-14,16-17H,2-12,15H2,1H3. The van der Waals surface area contributed by atoms with E-state index in [0.717, 1.165) is 12.8 Å². The fourth-order valence-corrected chi connectivity index (χ4v) is 2.02. The topological polar surface area (TPSA) is 66.5 Å². The van der Waals surface area contributed by atoms with Crippen LogP contribution >= 0.6 is 0 Å². The molecule has 0 aromatic rings. The molecule has 0 heterocycles. The molecule has 0 aliphatic heterocycles. The number of hydrogen-bond donors (Lipinski definition) is 3. The molecule has 0 saturated carbocycles. The molecule has 1 atom stereocenters. The minimum Gasteiger partial charge on any atom is -0.367 e. The maximum atomic E-state index is 8.79. The van der Waals surface area contributed by atoms with Crippen molar-refractivity contribution >= 4 is 0 Å². The van der Waals surface area contributed by atoms with Gasteiger partial charge in [0, 0.05) is 0 Å². The highest BCUT2D eigenvalue weighted by Crippen LogP contribution is 2.11. The molecule has 3 heteroatoms. The molecule has 4 N–H and O–H groups in total. The molecule has 0 aliphatic rings. The van der Waals surface area contributed by atoms with Crippen LogP contribution in [-0.2, 0) is 0 Å². The summed E-state index contributed by atoms with van der Waals surface area (Å²) < 4.78 is 0. The SMILES string of the molecule is CCCCCCCCCCCCC(N)C(O)O. The zero-order chi connectivity index (χ0) is 12.9. The Balaban J connectivity index is 3.03. The molecule has 3 nitrogen and oxygen atoms in total. The highest BCUT2D eigenvalue weighted by Gasteiger charge is 2.09. The highest BCUT2D eigenvalue weighted by molar-refractivity contribution is 4.62. The first kappa shape index (κ1) is 16.9. The molecule has 0 rings (SSSR count). The van der Waals surface area contributed by atoms with E-state index in [-0.39, 0.29) is 0 Å². The fourth-order valence-electron chi connectivity index (χ4n) is 2.02. The molecule has 0 aromatic heterocycles. The lowest BCUT2D eigenvalue weighted by molar-refractivity contribution is -0.0599. The van der Waals surface area contributed by atoms with Crippen LogP contribution in [0.2, 0.25) is 0 Å². The summed E-state index contributed by atoms with van der Waals surface area (Å²) in [6.07, 6.45) is 12.3. The maximum Gasteiger partial charge on any atom is 0.166 e. The van der Waals surface area contributed by atoms with Crippen molar-refractivity contribution in [3.63, 3.8) is 0 Å². The second-order valence-corrected chi connectivity index (χ2v) is 5.05. The van der Waals surface area contributed by atoms with Crippen molar-refractivity contribution in [1.29, 1.82) is 0 Å². The van der Waals surface area contributed by atoms with Gasteiger partial charge in [-0.25, -0.2) is 0 Å². The van der Waals surface area contributed by atoms with Gasteiger partial charge in [0.05, 0.1) is 6.04 Å². The Labute approximate surface area is 106 Å². The van der Waals surface area contributed by atoms with E-state index >= 15 is 0 Å². The number of rotatable bonds is 12. The van der Waals surface area contributed by atoms with Gasteiger partial charge >= 0.3 is 0 Å². The summed E-state index contributed by atoms with van der Waals surface area (Å²) in [5.41, 5.74) is 5.53. The average molecular weight is 245 g/mol. The third kappa shape index (κ3) is 12.1. The zero-order valence-corrected chi connectivity index (χ0v) is 11.4. The first-order valence-corrected chi connectivity index (χ1v) is 7.30. The largest absolute Gasteiger partial charge is 0.367 e. The first-order chi connectivity index (χ1) is 8.18. The lowest BCUT2D eigenvalue weighted by atomic mass is 10.0. The quantitative estimate of drug-likeness (QED) is 0.366. The van der Waals surface area contributed by atoms with Gasteiger partial charge in [-0.1, -0.05) is 71.1 Å². The highest BCUT2D eigenvalue weighted by atomic mass is 16.5. The van der Waals surface area contributed by atoms with Gasteiger partial charge in [0.2, 0.25) is 0 Å². The van der Waals surface area contributed by atoms with E-state index in [4.69, 9.17) is 15.9 Å². The van der Waals surface area contributed by atoms with E-state index in [1.165, 1.54) is 51.4 Å². The number of nitrogens with two attached hydrogens (primary N) is 1. The van der Waals surface area contributed by atoms with Crippen LogP contribution in [0.5, 0.6) is 0 Å². The molecule has 17 heavy (non-hydrogen) atoms.